The molecule has 4 heteroatoms. The van der Waals surface area contributed by atoms with E-state index >= 15 is 0 Å². The highest BCUT2D eigenvalue weighted by Gasteiger charge is 2.33. The number of nitrogens with zero attached hydrogens (tertiary/aromatic N) is 3. The number of anilines is 1. The van der Waals surface area contributed by atoms with E-state index in [2.05, 4.69) is 20.2 Å². The van der Waals surface area contributed by atoms with E-state index in [0.717, 1.165) is 17.4 Å². The third kappa shape index (κ3) is 1.89. The first kappa shape index (κ1) is 10.0. The third-order valence-electron chi connectivity index (χ3n) is 3.79. The van der Waals surface area contributed by atoms with E-state index < -0.39 is 0 Å². The molecule has 0 aromatic carbocycles. The van der Waals surface area contributed by atoms with Gasteiger partial charge in [-0.3, -0.25) is 0 Å². The molecule has 3 fully saturated rings. The van der Waals surface area contributed by atoms with E-state index in [1.807, 2.05) is 13.0 Å². The molecule has 0 aliphatic carbocycles. The lowest BCUT2D eigenvalue weighted by Crippen LogP contribution is -2.53. The van der Waals surface area contributed by atoms with Crippen molar-refractivity contribution in [2.45, 2.75) is 25.8 Å². The molecule has 1 aromatic heterocycles. The van der Waals surface area contributed by atoms with Crippen molar-refractivity contribution in [1.29, 1.82) is 0 Å². The van der Waals surface area contributed by atoms with Gasteiger partial charge in [-0.05, 0) is 38.8 Å². The van der Waals surface area contributed by atoms with Crippen LogP contribution in [0, 0.1) is 12.8 Å². The van der Waals surface area contributed by atoms with Gasteiger partial charge in [0, 0.05) is 24.3 Å². The molecule has 1 unspecified atom stereocenters. The zero-order valence-electron chi connectivity index (χ0n) is 9.69. The van der Waals surface area contributed by atoms with E-state index in [1.54, 1.807) is 6.33 Å². The van der Waals surface area contributed by atoms with Gasteiger partial charge >= 0.3 is 0 Å². The molecule has 0 amide bonds. The number of aromatic nitrogens is 2. The van der Waals surface area contributed by atoms with Crippen LogP contribution < -0.4 is 5.32 Å². The second-order valence-corrected chi connectivity index (χ2v) is 4.93. The number of fused-ring (bicyclic) bond motifs is 3. The third-order valence-corrected chi connectivity index (χ3v) is 3.79. The number of rotatable bonds is 2. The van der Waals surface area contributed by atoms with Crippen molar-refractivity contribution in [3.8, 4) is 0 Å². The average Bonchev–Trinajstić information content (AvgIpc) is 2.30. The fourth-order valence-electron chi connectivity index (χ4n) is 2.85. The van der Waals surface area contributed by atoms with Gasteiger partial charge in [-0.15, -0.1) is 0 Å². The Morgan fingerprint density at radius 2 is 2.12 bits per heavy atom. The Balaban J connectivity index is 1.71. The maximum Gasteiger partial charge on any atom is 0.129 e. The summed E-state index contributed by atoms with van der Waals surface area (Å²) < 4.78 is 0. The Bertz CT molecular complexity index is 371. The predicted molar refractivity (Wildman–Crippen MR) is 63.3 cm³/mol. The molecule has 2 bridgehead atoms. The van der Waals surface area contributed by atoms with Gasteiger partial charge in [0.2, 0.25) is 0 Å². The van der Waals surface area contributed by atoms with Crippen LogP contribution in [-0.2, 0) is 0 Å². The van der Waals surface area contributed by atoms with Crippen molar-refractivity contribution in [2.75, 3.05) is 25.0 Å². The molecule has 1 N–H and O–H groups in total. The largest absolute Gasteiger partial charge is 0.366 e. The Kier molecular flexibility index (Phi) is 2.52. The van der Waals surface area contributed by atoms with Gasteiger partial charge in [-0.25, -0.2) is 9.97 Å². The second-order valence-electron chi connectivity index (χ2n) is 4.93. The summed E-state index contributed by atoms with van der Waals surface area (Å²) in [5.41, 5.74) is 1.03. The minimum Gasteiger partial charge on any atom is -0.366 e. The van der Waals surface area contributed by atoms with Gasteiger partial charge in [0.1, 0.15) is 12.1 Å². The van der Waals surface area contributed by atoms with Crippen LogP contribution >= 0.6 is 0 Å². The lowest BCUT2D eigenvalue weighted by atomic mass is 9.84. The number of hydrogen-bond acceptors (Lipinski definition) is 4. The van der Waals surface area contributed by atoms with Gasteiger partial charge in [0.05, 0.1) is 0 Å². The lowest BCUT2D eigenvalue weighted by molar-refractivity contribution is 0.0974. The molecule has 4 nitrogen and oxygen atoms in total. The fraction of sp³-hybridized carbons (Fsp3) is 0.667. The minimum atomic E-state index is 0.580. The SMILES string of the molecule is Cc1cc(NC2CN3CCC2CC3)ncn1. The molecule has 1 aromatic rings. The maximum absolute atomic E-state index is 4.28. The first-order valence-corrected chi connectivity index (χ1v) is 6.09. The van der Waals surface area contributed by atoms with Crippen LogP contribution in [-0.4, -0.2) is 40.5 Å². The first-order chi connectivity index (χ1) is 7.81. The van der Waals surface area contributed by atoms with Gasteiger partial charge in [-0.2, -0.15) is 0 Å². The Labute approximate surface area is 96.1 Å². The highest BCUT2D eigenvalue weighted by Crippen LogP contribution is 2.29. The van der Waals surface area contributed by atoms with Crippen molar-refractivity contribution < 1.29 is 0 Å². The molecule has 3 saturated heterocycles. The maximum atomic E-state index is 4.28. The summed E-state index contributed by atoms with van der Waals surface area (Å²) in [6, 6.07) is 2.61. The minimum absolute atomic E-state index is 0.580. The van der Waals surface area contributed by atoms with E-state index in [1.165, 1.54) is 32.5 Å². The van der Waals surface area contributed by atoms with E-state index in [4.69, 9.17) is 0 Å². The fourth-order valence-corrected chi connectivity index (χ4v) is 2.85. The molecule has 3 aliphatic heterocycles. The molecule has 1 atom stereocenters. The monoisotopic (exact) mass is 218 g/mol. The van der Waals surface area contributed by atoms with Crippen molar-refractivity contribution in [3.63, 3.8) is 0 Å². The van der Waals surface area contributed by atoms with Gasteiger partial charge in [-0.1, -0.05) is 0 Å². The molecule has 0 radical (unpaired) electrons. The molecule has 0 saturated carbocycles. The summed E-state index contributed by atoms with van der Waals surface area (Å²) in [5.74, 6) is 1.81. The standard InChI is InChI=1S/C12H18N4/c1-9-6-12(14-8-13-9)15-11-7-16-4-2-10(11)3-5-16/h6,8,10-11H,2-5,7H2,1H3,(H,13,14,15). The average molecular weight is 218 g/mol. The summed E-state index contributed by atoms with van der Waals surface area (Å²) >= 11 is 0. The van der Waals surface area contributed by atoms with Crippen LogP contribution in [0.2, 0.25) is 0 Å². The zero-order chi connectivity index (χ0) is 11.0. The summed E-state index contributed by atoms with van der Waals surface area (Å²) in [6.07, 6.45) is 4.31. The first-order valence-electron chi connectivity index (χ1n) is 6.09. The highest BCUT2D eigenvalue weighted by molar-refractivity contribution is 5.36. The normalized spacial score (nSPS) is 32.7. The number of nitrogens with one attached hydrogen (secondary N) is 1. The van der Waals surface area contributed by atoms with Crippen LogP contribution in [0.4, 0.5) is 5.82 Å². The molecule has 3 aliphatic rings. The zero-order valence-corrected chi connectivity index (χ0v) is 9.69. The van der Waals surface area contributed by atoms with Crippen molar-refractivity contribution in [1.82, 2.24) is 14.9 Å². The van der Waals surface area contributed by atoms with Crippen molar-refractivity contribution in [2.24, 2.45) is 5.92 Å². The van der Waals surface area contributed by atoms with Gasteiger partial charge in [0.25, 0.3) is 0 Å². The highest BCUT2D eigenvalue weighted by atomic mass is 15.2. The number of aryl methyl sites for hydroxylation is 1. The van der Waals surface area contributed by atoms with Crippen LogP contribution in [0.15, 0.2) is 12.4 Å². The van der Waals surface area contributed by atoms with E-state index in [9.17, 15) is 0 Å². The summed E-state index contributed by atoms with van der Waals surface area (Å²) in [4.78, 5) is 10.9. The second kappa shape index (κ2) is 4.01. The van der Waals surface area contributed by atoms with Gasteiger partial charge < -0.3 is 10.2 Å². The van der Waals surface area contributed by atoms with E-state index in [-0.39, 0.29) is 0 Å². The van der Waals surface area contributed by atoms with Gasteiger partial charge in [0.15, 0.2) is 0 Å². The lowest BCUT2D eigenvalue weighted by Gasteiger charge is -2.45. The van der Waals surface area contributed by atoms with Crippen LogP contribution in [0.25, 0.3) is 0 Å². The molecule has 86 valence electrons. The molecule has 0 spiro atoms. The molecular formula is C12H18N4. The van der Waals surface area contributed by atoms with Crippen LogP contribution in [0.5, 0.6) is 0 Å². The topological polar surface area (TPSA) is 41.0 Å². The number of piperidine rings is 3. The molecule has 16 heavy (non-hydrogen) atoms. The molecular weight excluding hydrogens is 200 g/mol. The van der Waals surface area contributed by atoms with Crippen LogP contribution in [0.1, 0.15) is 18.5 Å². The summed E-state index contributed by atoms with van der Waals surface area (Å²) in [5, 5.41) is 3.56. The molecule has 4 heterocycles. The molecule has 4 rings (SSSR count). The Morgan fingerprint density at radius 3 is 2.75 bits per heavy atom. The predicted octanol–water partition coefficient (Wildman–Crippen LogP) is 1.29. The smallest absolute Gasteiger partial charge is 0.129 e. The quantitative estimate of drug-likeness (QED) is 0.812. The summed E-state index contributed by atoms with van der Waals surface area (Å²) in [6.45, 7) is 5.74. The number of hydrogen-bond donors (Lipinski definition) is 1. The Hall–Kier alpha value is -1.16. The van der Waals surface area contributed by atoms with E-state index in [0.29, 0.717) is 6.04 Å². The Morgan fingerprint density at radius 1 is 1.31 bits per heavy atom. The van der Waals surface area contributed by atoms with Crippen molar-refractivity contribution >= 4 is 5.82 Å². The van der Waals surface area contributed by atoms with Crippen LogP contribution in [0.3, 0.4) is 0 Å². The van der Waals surface area contributed by atoms with Crippen molar-refractivity contribution in [3.05, 3.63) is 18.1 Å². The summed E-state index contributed by atoms with van der Waals surface area (Å²) in [7, 11) is 0.